The largest absolute Gasteiger partial charge is 0.490 e. The van der Waals surface area contributed by atoms with Crippen molar-refractivity contribution in [3.05, 3.63) is 59.2 Å². The van der Waals surface area contributed by atoms with Gasteiger partial charge in [0.2, 0.25) is 0 Å². The first-order valence-corrected chi connectivity index (χ1v) is 8.41. The van der Waals surface area contributed by atoms with Gasteiger partial charge in [0.15, 0.2) is 11.5 Å². The molecule has 24 heavy (non-hydrogen) atoms. The molecular weight excluding hydrogens is 302 g/mol. The van der Waals surface area contributed by atoms with Crippen LogP contribution in [0, 0.1) is 6.92 Å². The number of hydrogen-bond acceptors (Lipinski definition) is 4. The van der Waals surface area contributed by atoms with Gasteiger partial charge >= 0.3 is 0 Å². The van der Waals surface area contributed by atoms with E-state index in [1.807, 2.05) is 31.2 Å². The molecule has 0 unspecified atom stereocenters. The van der Waals surface area contributed by atoms with E-state index in [9.17, 15) is 5.11 Å². The Morgan fingerprint density at radius 1 is 1.04 bits per heavy atom. The summed E-state index contributed by atoms with van der Waals surface area (Å²) in [5.74, 6) is 1.50. The molecule has 2 aromatic carbocycles. The number of aryl methyl sites for hydroxylation is 1. The molecule has 0 amide bonds. The molecule has 4 heteroatoms. The average Bonchev–Trinajstić information content (AvgIpc) is 2.54. The lowest BCUT2D eigenvalue weighted by Gasteiger charge is -2.14. The molecule has 4 nitrogen and oxygen atoms in total. The third-order valence-electron chi connectivity index (χ3n) is 3.55. The summed E-state index contributed by atoms with van der Waals surface area (Å²) in [5, 5.41) is 12.5. The monoisotopic (exact) mass is 329 g/mol. The van der Waals surface area contributed by atoms with E-state index in [4.69, 9.17) is 9.47 Å². The molecule has 1 atom stereocenters. The van der Waals surface area contributed by atoms with Gasteiger partial charge in [-0.1, -0.05) is 35.9 Å². The molecule has 0 aromatic heterocycles. The first-order valence-electron chi connectivity index (χ1n) is 8.41. The number of nitrogens with one attached hydrogen (secondary N) is 1. The maximum absolute atomic E-state index is 9.30. The van der Waals surface area contributed by atoms with Crippen molar-refractivity contribution in [2.24, 2.45) is 0 Å². The molecule has 0 radical (unpaired) electrons. The lowest BCUT2D eigenvalue weighted by atomic mass is 10.1. The van der Waals surface area contributed by atoms with Crippen molar-refractivity contribution in [2.45, 2.75) is 40.0 Å². The Bertz CT molecular complexity index is 641. The minimum Gasteiger partial charge on any atom is -0.490 e. The number of aliphatic hydroxyl groups excluding tert-OH is 1. The summed E-state index contributed by atoms with van der Waals surface area (Å²) >= 11 is 0. The predicted molar refractivity (Wildman–Crippen MR) is 96.5 cm³/mol. The molecule has 0 spiro atoms. The summed E-state index contributed by atoms with van der Waals surface area (Å²) in [6.45, 7) is 8.15. The van der Waals surface area contributed by atoms with E-state index in [2.05, 4.69) is 30.4 Å². The number of aliphatic hydroxyl groups is 1. The summed E-state index contributed by atoms with van der Waals surface area (Å²) in [6, 6.07) is 14.2. The Labute approximate surface area is 144 Å². The first kappa shape index (κ1) is 18.3. The first-order chi connectivity index (χ1) is 11.6. The molecule has 0 bridgehead atoms. The second kappa shape index (κ2) is 9.30. The van der Waals surface area contributed by atoms with Crippen molar-refractivity contribution in [1.82, 2.24) is 5.32 Å². The van der Waals surface area contributed by atoms with Crippen LogP contribution in [0.3, 0.4) is 0 Å². The molecule has 0 saturated heterocycles. The summed E-state index contributed by atoms with van der Waals surface area (Å²) in [4.78, 5) is 0. The molecule has 0 fully saturated rings. The van der Waals surface area contributed by atoms with Gasteiger partial charge in [0.1, 0.15) is 6.61 Å². The van der Waals surface area contributed by atoms with Crippen LogP contribution in [0.4, 0.5) is 0 Å². The quantitative estimate of drug-likeness (QED) is 0.740. The highest BCUT2D eigenvalue weighted by molar-refractivity contribution is 5.43. The third kappa shape index (κ3) is 5.87. The minimum atomic E-state index is -0.353. The van der Waals surface area contributed by atoms with Gasteiger partial charge in [-0.25, -0.2) is 0 Å². The van der Waals surface area contributed by atoms with E-state index in [0.717, 1.165) is 22.6 Å². The van der Waals surface area contributed by atoms with E-state index >= 15 is 0 Å². The lowest BCUT2D eigenvalue weighted by Crippen LogP contribution is -2.23. The highest BCUT2D eigenvalue weighted by atomic mass is 16.5. The summed E-state index contributed by atoms with van der Waals surface area (Å²) in [6.07, 6.45) is -0.353. The standard InChI is InChI=1S/C20H27NO3/c1-4-23-20-11-17(13-21-12-16(3)22)8-9-19(20)24-14-18-7-5-6-15(2)10-18/h5-11,16,21-22H,4,12-14H2,1-3H3/t16-/m1/s1. The molecule has 0 aliphatic rings. The smallest absolute Gasteiger partial charge is 0.161 e. The summed E-state index contributed by atoms with van der Waals surface area (Å²) in [5.41, 5.74) is 3.46. The maximum atomic E-state index is 9.30. The van der Waals surface area contributed by atoms with Crippen LogP contribution in [0.15, 0.2) is 42.5 Å². The van der Waals surface area contributed by atoms with Gasteiger partial charge in [0.05, 0.1) is 12.7 Å². The molecular formula is C20H27NO3. The van der Waals surface area contributed by atoms with Crippen LogP contribution in [-0.4, -0.2) is 24.4 Å². The van der Waals surface area contributed by atoms with Crippen LogP contribution in [0.25, 0.3) is 0 Å². The molecule has 2 rings (SSSR count). The maximum Gasteiger partial charge on any atom is 0.161 e. The normalized spacial score (nSPS) is 12.0. The molecule has 130 valence electrons. The predicted octanol–water partition coefficient (Wildman–Crippen LogP) is 3.44. The second-order valence-electron chi connectivity index (χ2n) is 5.97. The fourth-order valence-electron chi connectivity index (χ4n) is 2.44. The highest BCUT2D eigenvalue weighted by Gasteiger charge is 2.07. The van der Waals surface area contributed by atoms with E-state index in [1.54, 1.807) is 6.92 Å². The van der Waals surface area contributed by atoms with Gasteiger partial charge in [0.25, 0.3) is 0 Å². The van der Waals surface area contributed by atoms with Crippen molar-refractivity contribution in [2.75, 3.05) is 13.2 Å². The number of benzene rings is 2. The summed E-state index contributed by atoms with van der Waals surface area (Å²) < 4.78 is 11.7. The van der Waals surface area contributed by atoms with E-state index in [0.29, 0.717) is 26.3 Å². The van der Waals surface area contributed by atoms with Crippen molar-refractivity contribution < 1.29 is 14.6 Å². The molecule has 0 saturated carbocycles. The zero-order valence-corrected chi connectivity index (χ0v) is 14.7. The molecule has 2 N–H and O–H groups in total. The topological polar surface area (TPSA) is 50.7 Å². The minimum absolute atomic E-state index is 0.353. The number of hydrogen-bond donors (Lipinski definition) is 2. The highest BCUT2D eigenvalue weighted by Crippen LogP contribution is 2.29. The fraction of sp³-hybridized carbons (Fsp3) is 0.400. The zero-order chi connectivity index (χ0) is 17.4. The third-order valence-corrected chi connectivity index (χ3v) is 3.55. The van der Waals surface area contributed by atoms with Gasteiger partial charge in [-0.05, 0) is 44.0 Å². The lowest BCUT2D eigenvalue weighted by molar-refractivity contribution is 0.191. The van der Waals surface area contributed by atoms with Crippen molar-refractivity contribution in [3.63, 3.8) is 0 Å². The fourth-order valence-corrected chi connectivity index (χ4v) is 2.44. The summed E-state index contributed by atoms with van der Waals surface area (Å²) in [7, 11) is 0. The molecule has 2 aromatic rings. The van der Waals surface area contributed by atoms with Crippen LogP contribution < -0.4 is 14.8 Å². The van der Waals surface area contributed by atoms with Crippen molar-refractivity contribution in [1.29, 1.82) is 0 Å². The molecule has 0 aliphatic carbocycles. The van der Waals surface area contributed by atoms with Crippen molar-refractivity contribution >= 4 is 0 Å². The van der Waals surface area contributed by atoms with Crippen LogP contribution in [0.1, 0.15) is 30.5 Å². The van der Waals surface area contributed by atoms with Crippen LogP contribution in [0.2, 0.25) is 0 Å². The van der Waals surface area contributed by atoms with E-state index in [1.165, 1.54) is 5.56 Å². The molecule has 0 heterocycles. The van der Waals surface area contributed by atoms with Gasteiger partial charge in [-0.3, -0.25) is 0 Å². The Kier molecular flexibility index (Phi) is 7.09. The average molecular weight is 329 g/mol. The van der Waals surface area contributed by atoms with Gasteiger partial charge in [-0.2, -0.15) is 0 Å². The Morgan fingerprint density at radius 3 is 2.58 bits per heavy atom. The SMILES string of the molecule is CCOc1cc(CNC[C@@H](C)O)ccc1OCc1cccc(C)c1. The zero-order valence-electron chi connectivity index (χ0n) is 14.7. The van der Waals surface area contributed by atoms with Crippen LogP contribution in [0.5, 0.6) is 11.5 Å². The Balaban J connectivity index is 2.02. The Morgan fingerprint density at radius 2 is 1.88 bits per heavy atom. The number of ether oxygens (including phenoxy) is 2. The van der Waals surface area contributed by atoms with Gasteiger partial charge in [-0.15, -0.1) is 0 Å². The number of rotatable bonds is 9. The van der Waals surface area contributed by atoms with Crippen LogP contribution >= 0.6 is 0 Å². The van der Waals surface area contributed by atoms with E-state index in [-0.39, 0.29) is 6.10 Å². The molecule has 0 aliphatic heterocycles. The van der Waals surface area contributed by atoms with Gasteiger partial charge < -0.3 is 19.9 Å². The Hall–Kier alpha value is -2.04. The van der Waals surface area contributed by atoms with E-state index < -0.39 is 0 Å². The van der Waals surface area contributed by atoms with Gasteiger partial charge in [0, 0.05) is 13.1 Å². The van der Waals surface area contributed by atoms with Crippen molar-refractivity contribution in [3.8, 4) is 11.5 Å². The van der Waals surface area contributed by atoms with Crippen LogP contribution in [-0.2, 0) is 13.2 Å². The second-order valence-corrected chi connectivity index (χ2v) is 5.97.